The molecule has 1 atom stereocenters. The molecule has 1 rings (SSSR count). The second-order valence-electron chi connectivity index (χ2n) is 3.75. The predicted molar refractivity (Wildman–Crippen MR) is 60.9 cm³/mol. The van der Waals surface area contributed by atoms with Gasteiger partial charge in [0.2, 0.25) is 0 Å². The summed E-state index contributed by atoms with van der Waals surface area (Å²) in [6.45, 7) is 4.94. The van der Waals surface area contributed by atoms with E-state index in [-0.39, 0.29) is 0 Å². The van der Waals surface area contributed by atoms with Gasteiger partial charge in [-0.2, -0.15) is 0 Å². The topological polar surface area (TPSA) is 34.4 Å². The summed E-state index contributed by atoms with van der Waals surface area (Å²) in [5.41, 5.74) is 0. The van der Waals surface area contributed by atoms with E-state index in [1.54, 1.807) is 13.4 Å². The van der Waals surface area contributed by atoms with Crippen molar-refractivity contribution >= 4 is 0 Å². The van der Waals surface area contributed by atoms with Gasteiger partial charge >= 0.3 is 0 Å². The summed E-state index contributed by atoms with van der Waals surface area (Å²) in [6.07, 6.45) is 3.92. The summed E-state index contributed by atoms with van der Waals surface area (Å²) in [5, 5.41) is 3.38. The van der Waals surface area contributed by atoms with Crippen molar-refractivity contribution in [3.63, 3.8) is 0 Å². The van der Waals surface area contributed by atoms with Gasteiger partial charge in [0.25, 0.3) is 0 Å². The molecule has 86 valence electrons. The molecule has 1 heterocycles. The Hall–Kier alpha value is -0.800. The van der Waals surface area contributed by atoms with Crippen molar-refractivity contribution < 1.29 is 9.15 Å². The van der Waals surface area contributed by atoms with Gasteiger partial charge in [-0.25, -0.2) is 0 Å². The van der Waals surface area contributed by atoms with Crippen molar-refractivity contribution in [1.29, 1.82) is 0 Å². The van der Waals surface area contributed by atoms with E-state index in [0.29, 0.717) is 5.92 Å². The van der Waals surface area contributed by atoms with Crippen molar-refractivity contribution in [1.82, 2.24) is 5.32 Å². The van der Waals surface area contributed by atoms with Gasteiger partial charge in [-0.15, -0.1) is 0 Å². The summed E-state index contributed by atoms with van der Waals surface area (Å²) in [7, 11) is 1.72. The Labute approximate surface area is 91.8 Å². The number of hydrogen-bond donors (Lipinski definition) is 1. The number of nitrogens with one attached hydrogen (secondary N) is 1. The first-order valence-corrected chi connectivity index (χ1v) is 5.58. The molecule has 1 aromatic rings. The van der Waals surface area contributed by atoms with Gasteiger partial charge in [-0.05, 0) is 24.6 Å². The van der Waals surface area contributed by atoms with Gasteiger partial charge in [-0.1, -0.05) is 13.3 Å². The molecule has 0 aromatic carbocycles. The Morgan fingerprint density at radius 1 is 1.53 bits per heavy atom. The average molecular weight is 211 g/mol. The van der Waals surface area contributed by atoms with Crippen molar-refractivity contribution in [3.05, 3.63) is 24.2 Å². The number of methoxy groups -OCH3 is 1. The standard InChI is InChI=1S/C12H21NO2/c1-3-11(10-13-6-8-14-2)9-12-5-4-7-15-12/h4-5,7,11,13H,3,6,8-10H2,1-2H3. The molecule has 0 saturated carbocycles. The Morgan fingerprint density at radius 3 is 3.00 bits per heavy atom. The summed E-state index contributed by atoms with van der Waals surface area (Å²) in [4.78, 5) is 0. The minimum atomic E-state index is 0.646. The van der Waals surface area contributed by atoms with Crippen LogP contribution in [0, 0.1) is 5.92 Å². The normalized spacial score (nSPS) is 12.9. The van der Waals surface area contributed by atoms with Crippen LogP contribution in [-0.4, -0.2) is 26.8 Å². The first-order chi connectivity index (χ1) is 7.36. The third-order valence-corrected chi connectivity index (χ3v) is 2.56. The molecule has 0 aliphatic carbocycles. The molecule has 0 aliphatic rings. The minimum Gasteiger partial charge on any atom is -0.469 e. The Morgan fingerprint density at radius 2 is 2.40 bits per heavy atom. The predicted octanol–water partition coefficient (Wildman–Crippen LogP) is 2.08. The Balaban J connectivity index is 2.18. The van der Waals surface area contributed by atoms with Crippen LogP contribution in [0.5, 0.6) is 0 Å². The smallest absolute Gasteiger partial charge is 0.104 e. The van der Waals surface area contributed by atoms with E-state index in [4.69, 9.17) is 9.15 Å². The molecule has 0 radical (unpaired) electrons. The quantitative estimate of drug-likeness (QED) is 0.669. The Kier molecular flexibility index (Phi) is 6.12. The third-order valence-electron chi connectivity index (χ3n) is 2.56. The molecular formula is C12H21NO2. The zero-order chi connectivity index (χ0) is 10.9. The molecular weight excluding hydrogens is 190 g/mol. The largest absolute Gasteiger partial charge is 0.469 e. The molecule has 15 heavy (non-hydrogen) atoms. The molecule has 1 unspecified atom stereocenters. The summed E-state index contributed by atoms with van der Waals surface area (Å²) in [6, 6.07) is 3.98. The molecule has 0 aliphatic heterocycles. The Bertz CT molecular complexity index is 234. The van der Waals surface area contributed by atoms with E-state index in [2.05, 4.69) is 12.2 Å². The highest BCUT2D eigenvalue weighted by Gasteiger charge is 2.08. The molecule has 1 N–H and O–H groups in total. The van der Waals surface area contributed by atoms with E-state index in [1.807, 2.05) is 12.1 Å². The molecule has 0 bridgehead atoms. The molecule has 0 spiro atoms. The second-order valence-corrected chi connectivity index (χ2v) is 3.75. The van der Waals surface area contributed by atoms with Crippen molar-refractivity contribution in [3.8, 4) is 0 Å². The second kappa shape index (κ2) is 7.49. The number of ether oxygens (including phenoxy) is 1. The van der Waals surface area contributed by atoms with Crippen LogP contribution in [-0.2, 0) is 11.2 Å². The summed E-state index contributed by atoms with van der Waals surface area (Å²) in [5.74, 6) is 1.73. The van der Waals surface area contributed by atoms with Crippen LogP contribution in [0.4, 0.5) is 0 Å². The highest BCUT2D eigenvalue weighted by Crippen LogP contribution is 2.11. The SMILES string of the molecule is CCC(CNCCOC)Cc1ccco1. The number of rotatable bonds is 8. The average Bonchev–Trinajstić information content (AvgIpc) is 2.75. The lowest BCUT2D eigenvalue weighted by Crippen LogP contribution is -2.26. The fourth-order valence-corrected chi connectivity index (χ4v) is 1.55. The summed E-state index contributed by atoms with van der Waals surface area (Å²) < 4.78 is 10.3. The number of furan rings is 1. The van der Waals surface area contributed by atoms with Crippen LogP contribution < -0.4 is 5.32 Å². The molecule has 1 aromatic heterocycles. The van der Waals surface area contributed by atoms with Crippen molar-refractivity contribution in [2.75, 3.05) is 26.8 Å². The lowest BCUT2D eigenvalue weighted by atomic mass is 10.0. The lowest BCUT2D eigenvalue weighted by molar-refractivity contribution is 0.197. The first kappa shape index (κ1) is 12.3. The maximum atomic E-state index is 5.34. The third kappa shape index (κ3) is 5.00. The zero-order valence-corrected chi connectivity index (χ0v) is 9.66. The van der Waals surface area contributed by atoms with Gasteiger partial charge in [0.15, 0.2) is 0 Å². The van der Waals surface area contributed by atoms with E-state index in [1.165, 1.54) is 6.42 Å². The first-order valence-electron chi connectivity index (χ1n) is 5.58. The van der Waals surface area contributed by atoms with E-state index in [0.717, 1.165) is 31.9 Å². The van der Waals surface area contributed by atoms with Crippen LogP contribution in [0.2, 0.25) is 0 Å². The van der Waals surface area contributed by atoms with Crippen LogP contribution in [0.3, 0.4) is 0 Å². The highest BCUT2D eigenvalue weighted by atomic mass is 16.5. The fraction of sp³-hybridized carbons (Fsp3) is 0.667. The molecule has 0 amide bonds. The van der Waals surface area contributed by atoms with Gasteiger partial charge in [0.1, 0.15) is 5.76 Å². The van der Waals surface area contributed by atoms with E-state index >= 15 is 0 Å². The van der Waals surface area contributed by atoms with Crippen LogP contribution >= 0.6 is 0 Å². The molecule has 0 fully saturated rings. The number of hydrogen-bond acceptors (Lipinski definition) is 3. The monoisotopic (exact) mass is 211 g/mol. The van der Waals surface area contributed by atoms with Crippen LogP contribution in [0.25, 0.3) is 0 Å². The molecule has 3 heteroatoms. The lowest BCUT2D eigenvalue weighted by Gasteiger charge is -2.14. The van der Waals surface area contributed by atoms with Crippen LogP contribution in [0.1, 0.15) is 19.1 Å². The van der Waals surface area contributed by atoms with Gasteiger partial charge in [0, 0.05) is 20.1 Å². The maximum absolute atomic E-state index is 5.34. The molecule has 0 saturated heterocycles. The fourth-order valence-electron chi connectivity index (χ4n) is 1.55. The minimum absolute atomic E-state index is 0.646. The van der Waals surface area contributed by atoms with Gasteiger partial charge in [0.05, 0.1) is 12.9 Å². The molecule has 3 nitrogen and oxygen atoms in total. The maximum Gasteiger partial charge on any atom is 0.104 e. The summed E-state index contributed by atoms with van der Waals surface area (Å²) >= 11 is 0. The van der Waals surface area contributed by atoms with E-state index < -0.39 is 0 Å². The van der Waals surface area contributed by atoms with Crippen molar-refractivity contribution in [2.45, 2.75) is 19.8 Å². The van der Waals surface area contributed by atoms with Crippen molar-refractivity contribution in [2.24, 2.45) is 5.92 Å². The van der Waals surface area contributed by atoms with Gasteiger partial charge < -0.3 is 14.5 Å². The van der Waals surface area contributed by atoms with Crippen LogP contribution in [0.15, 0.2) is 22.8 Å². The van der Waals surface area contributed by atoms with E-state index in [9.17, 15) is 0 Å². The zero-order valence-electron chi connectivity index (χ0n) is 9.66. The highest BCUT2D eigenvalue weighted by molar-refractivity contribution is 4.99. The van der Waals surface area contributed by atoms with Gasteiger partial charge in [-0.3, -0.25) is 0 Å².